The molecule has 1 heterocycles. The number of para-hydroxylation sites is 3. The summed E-state index contributed by atoms with van der Waals surface area (Å²) in [5.74, 6) is 2.46. The van der Waals surface area contributed by atoms with Crippen LogP contribution in [0.15, 0.2) is 54.6 Å². The SMILES string of the molecule is CSCc1nc2ccccc2n1CC(=O)NCCOc1ccccc1. The van der Waals surface area contributed by atoms with E-state index < -0.39 is 0 Å². The minimum Gasteiger partial charge on any atom is -0.492 e. The number of amides is 1. The third kappa shape index (κ3) is 4.54. The fraction of sp³-hybridized carbons (Fsp3) is 0.263. The zero-order chi connectivity index (χ0) is 17.5. The third-order valence-corrected chi connectivity index (χ3v) is 4.29. The Morgan fingerprint density at radius 2 is 1.92 bits per heavy atom. The molecule has 0 aliphatic carbocycles. The minimum absolute atomic E-state index is 0.0397. The van der Waals surface area contributed by atoms with Crippen LogP contribution >= 0.6 is 11.8 Å². The first-order chi connectivity index (χ1) is 12.3. The smallest absolute Gasteiger partial charge is 0.240 e. The summed E-state index contributed by atoms with van der Waals surface area (Å²) >= 11 is 1.70. The number of rotatable bonds is 8. The van der Waals surface area contributed by atoms with Crippen LogP contribution in [0.1, 0.15) is 5.82 Å². The molecule has 0 radical (unpaired) electrons. The van der Waals surface area contributed by atoms with Gasteiger partial charge in [-0.25, -0.2) is 4.98 Å². The highest BCUT2D eigenvalue weighted by Crippen LogP contribution is 2.18. The molecule has 0 spiro atoms. The van der Waals surface area contributed by atoms with Gasteiger partial charge in [0.1, 0.15) is 24.7 Å². The summed E-state index contributed by atoms with van der Waals surface area (Å²) in [6, 6.07) is 17.5. The summed E-state index contributed by atoms with van der Waals surface area (Å²) in [4.78, 5) is 16.9. The second-order valence-electron chi connectivity index (χ2n) is 5.55. The average molecular weight is 355 g/mol. The summed E-state index contributed by atoms with van der Waals surface area (Å²) in [6.07, 6.45) is 2.03. The average Bonchev–Trinajstić information content (AvgIpc) is 2.97. The number of hydrogen-bond acceptors (Lipinski definition) is 4. The van der Waals surface area contributed by atoms with E-state index in [0.717, 1.165) is 28.4 Å². The molecule has 130 valence electrons. The first kappa shape index (κ1) is 17.4. The lowest BCUT2D eigenvalue weighted by Gasteiger charge is -2.10. The molecule has 5 nitrogen and oxygen atoms in total. The molecule has 1 amide bonds. The van der Waals surface area contributed by atoms with Crippen LogP contribution in [0.2, 0.25) is 0 Å². The number of thioether (sulfide) groups is 1. The van der Waals surface area contributed by atoms with Crippen molar-refractivity contribution in [2.75, 3.05) is 19.4 Å². The van der Waals surface area contributed by atoms with Crippen LogP contribution in [0.25, 0.3) is 11.0 Å². The topological polar surface area (TPSA) is 56.2 Å². The van der Waals surface area contributed by atoms with Gasteiger partial charge in [-0.1, -0.05) is 30.3 Å². The molecule has 2 aromatic carbocycles. The monoisotopic (exact) mass is 355 g/mol. The fourth-order valence-corrected chi connectivity index (χ4v) is 3.10. The second-order valence-corrected chi connectivity index (χ2v) is 6.41. The normalized spacial score (nSPS) is 10.8. The maximum absolute atomic E-state index is 12.3. The number of nitrogens with one attached hydrogen (secondary N) is 1. The van der Waals surface area contributed by atoms with E-state index in [0.29, 0.717) is 13.2 Å². The Hall–Kier alpha value is -2.47. The minimum atomic E-state index is -0.0397. The van der Waals surface area contributed by atoms with E-state index in [1.807, 2.05) is 65.4 Å². The van der Waals surface area contributed by atoms with Gasteiger partial charge in [0, 0.05) is 0 Å². The quantitative estimate of drug-likeness (QED) is 0.631. The number of ether oxygens (including phenoxy) is 1. The molecule has 0 fully saturated rings. The van der Waals surface area contributed by atoms with Crippen molar-refractivity contribution in [3.63, 3.8) is 0 Å². The van der Waals surface area contributed by atoms with Gasteiger partial charge in [-0.3, -0.25) is 4.79 Å². The molecule has 3 aromatic rings. The Kier molecular flexibility index (Phi) is 5.95. The fourth-order valence-electron chi connectivity index (χ4n) is 2.62. The van der Waals surface area contributed by atoms with Crippen molar-refractivity contribution < 1.29 is 9.53 Å². The van der Waals surface area contributed by atoms with E-state index in [9.17, 15) is 4.79 Å². The Morgan fingerprint density at radius 3 is 2.72 bits per heavy atom. The molecule has 0 unspecified atom stereocenters. The predicted molar refractivity (Wildman–Crippen MR) is 102 cm³/mol. The number of carbonyl (C=O) groups excluding carboxylic acids is 1. The summed E-state index contributed by atoms with van der Waals surface area (Å²) in [7, 11) is 0. The van der Waals surface area contributed by atoms with E-state index in [-0.39, 0.29) is 12.5 Å². The number of carbonyl (C=O) groups is 1. The number of imidazole rings is 1. The van der Waals surface area contributed by atoms with Gasteiger partial charge in [0.15, 0.2) is 0 Å². The van der Waals surface area contributed by atoms with Crippen molar-refractivity contribution in [3.8, 4) is 5.75 Å². The van der Waals surface area contributed by atoms with Crippen molar-refractivity contribution >= 4 is 28.7 Å². The molecule has 0 saturated heterocycles. The molecule has 0 aliphatic heterocycles. The van der Waals surface area contributed by atoms with Crippen molar-refractivity contribution in [2.45, 2.75) is 12.3 Å². The van der Waals surface area contributed by atoms with Crippen LogP contribution < -0.4 is 10.1 Å². The number of fused-ring (bicyclic) bond motifs is 1. The molecule has 1 aromatic heterocycles. The van der Waals surface area contributed by atoms with Crippen LogP contribution in [0.4, 0.5) is 0 Å². The van der Waals surface area contributed by atoms with Gasteiger partial charge in [0.25, 0.3) is 0 Å². The largest absolute Gasteiger partial charge is 0.492 e. The van der Waals surface area contributed by atoms with Gasteiger partial charge in [-0.05, 0) is 30.5 Å². The molecular formula is C19H21N3O2S. The Bertz CT molecular complexity index is 833. The van der Waals surface area contributed by atoms with Gasteiger partial charge in [-0.2, -0.15) is 11.8 Å². The van der Waals surface area contributed by atoms with Crippen LogP contribution in [-0.2, 0) is 17.1 Å². The number of nitrogens with zero attached hydrogens (tertiary/aromatic N) is 2. The first-order valence-electron chi connectivity index (χ1n) is 8.15. The Morgan fingerprint density at radius 1 is 1.16 bits per heavy atom. The Labute approximate surface area is 151 Å². The lowest BCUT2D eigenvalue weighted by molar-refractivity contribution is -0.121. The van der Waals surface area contributed by atoms with Gasteiger partial charge >= 0.3 is 0 Å². The van der Waals surface area contributed by atoms with Gasteiger partial charge in [0.2, 0.25) is 5.91 Å². The van der Waals surface area contributed by atoms with Crippen LogP contribution in [0.3, 0.4) is 0 Å². The van der Waals surface area contributed by atoms with Gasteiger partial charge < -0.3 is 14.6 Å². The van der Waals surface area contributed by atoms with Crippen LogP contribution in [0.5, 0.6) is 5.75 Å². The maximum Gasteiger partial charge on any atom is 0.240 e. The van der Waals surface area contributed by atoms with E-state index in [1.165, 1.54) is 0 Å². The van der Waals surface area contributed by atoms with E-state index in [4.69, 9.17) is 4.74 Å². The van der Waals surface area contributed by atoms with Gasteiger partial charge in [-0.15, -0.1) is 0 Å². The first-order valence-corrected chi connectivity index (χ1v) is 9.55. The van der Waals surface area contributed by atoms with Crippen molar-refractivity contribution in [1.29, 1.82) is 0 Å². The summed E-state index contributed by atoms with van der Waals surface area (Å²) in [5, 5.41) is 2.91. The van der Waals surface area contributed by atoms with Crippen LogP contribution in [0, 0.1) is 0 Å². The van der Waals surface area contributed by atoms with E-state index in [2.05, 4.69) is 10.3 Å². The summed E-state index contributed by atoms with van der Waals surface area (Å²) in [5.41, 5.74) is 1.91. The van der Waals surface area contributed by atoms with Crippen molar-refractivity contribution in [1.82, 2.24) is 14.9 Å². The van der Waals surface area contributed by atoms with E-state index >= 15 is 0 Å². The molecular weight excluding hydrogens is 334 g/mol. The molecule has 3 rings (SSSR count). The van der Waals surface area contributed by atoms with Gasteiger partial charge in [0.05, 0.1) is 23.3 Å². The molecule has 1 N–H and O–H groups in total. The number of benzene rings is 2. The molecule has 0 saturated carbocycles. The van der Waals surface area contributed by atoms with E-state index in [1.54, 1.807) is 11.8 Å². The molecule has 0 aliphatic rings. The summed E-state index contributed by atoms with van der Waals surface area (Å²) in [6.45, 7) is 1.18. The third-order valence-electron chi connectivity index (χ3n) is 3.74. The molecule has 25 heavy (non-hydrogen) atoms. The lowest BCUT2D eigenvalue weighted by Crippen LogP contribution is -2.31. The lowest BCUT2D eigenvalue weighted by atomic mass is 10.3. The highest BCUT2D eigenvalue weighted by atomic mass is 32.2. The number of hydrogen-bond donors (Lipinski definition) is 1. The zero-order valence-corrected chi connectivity index (χ0v) is 15.0. The van der Waals surface area contributed by atoms with Crippen LogP contribution in [-0.4, -0.2) is 34.9 Å². The predicted octanol–water partition coefficient (Wildman–Crippen LogP) is 3.09. The second kappa shape index (κ2) is 8.58. The van der Waals surface area contributed by atoms with Crippen molar-refractivity contribution in [3.05, 3.63) is 60.4 Å². The zero-order valence-electron chi connectivity index (χ0n) is 14.1. The Balaban J connectivity index is 1.57. The molecule has 0 atom stereocenters. The molecule has 6 heteroatoms. The maximum atomic E-state index is 12.3. The standard InChI is InChI=1S/C19H21N3O2S/c1-25-14-18-21-16-9-5-6-10-17(16)22(18)13-19(23)20-11-12-24-15-7-3-2-4-8-15/h2-10H,11-14H2,1H3,(H,20,23). The number of aromatic nitrogens is 2. The highest BCUT2D eigenvalue weighted by Gasteiger charge is 2.12. The highest BCUT2D eigenvalue weighted by molar-refractivity contribution is 7.97. The molecule has 0 bridgehead atoms. The van der Waals surface area contributed by atoms with Crippen molar-refractivity contribution in [2.24, 2.45) is 0 Å². The summed E-state index contributed by atoms with van der Waals surface area (Å²) < 4.78 is 7.57.